The molecule has 0 N–H and O–H groups in total. The number of hydrogen-bond donors (Lipinski definition) is 0. The molecule has 0 saturated carbocycles. The fraction of sp³-hybridized carbons (Fsp3) is 0.471. The van der Waals surface area contributed by atoms with Crippen LogP contribution in [0, 0.1) is 13.8 Å². The number of halogens is 3. The smallest absolute Gasteiger partial charge is 0.419 e. The third-order valence-electron chi connectivity index (χ3n) is 4.14. The molecule has 0 unspecified atom stereocenters. The molecule has 1 saturated heterocycles. The summed E-state index contributed by atoms with van der Waals surface area (Å²) in [6.07, 6.45) is -0.246. The average molecular weight is 352 g/mol. The van der Waals surface area contributed by atoms with Crippen molar-refractivity contribution < 1.29 is 17.9 Å². The summed E-state index contributed by atoms with van der Waals surface area (Å²) < 4.78 is 45.3. The lowest BCUT2D eigenvalue weighted by Crippen LogP contribution is -2.39. The molecule has 0 amide bonds. The quantitative estimate of drug-likeness (QED) is 0.845. The van der Waals surface area contributed by atoms with Gasteiger partial charge >= 0.3 is 6.18 Å². The van der Waals surface area contributed by atoms with E-state index >= 15 is 0 Å². The average Bonchev–Trinajstić information content (AvgIpc) is 2.58. The molecule has 2 aromatic heterocycles. The van der Waals surface area contributed by atoms with E-state index in [1.807, 2.05) is 13.8 Å². The summed E-state index contributed by atoms with van der Waals surface area (Å²) in [6, 6.07) is 2.37. The van der Waals surface area contributed by atoms with Gasteiger partial charge in [-0.15, -0.1) is 0 Å². The lowest BCUT2D eigenvalue weighted by atomic mass is 10.1. The number of piperidine rings is 1. The van der Waals surface area contributed by atoms with Gasteiger partial charge in [0, 0.05) is 38.3 Å². The zero-order chi connectivity index (χ0) is 18.0. The van der Waals surface area contributed by atoms with Gasteiger partial charge in [0.15, 0.2) is 0 Å². The van der Waals surface area contributed by atoms with Crippen molar-refractivity contribution in [2.24, 2.45) is 0 Å². The van der Waals surface area contributed by atoms with Gasteiger partial charge in [0.05, 0.1) is 17.0 Å². The van der Waals surface area contributed by atoms with Crippen LogP contribution >= 0.6 is 0 Å². The van der Waals surface area contributed by atoms with Crippen LogP contribution in [-0.4, -0.2) is 34.1 Å². The van der Waals surface area contributed by atoms with Crippen LogP contribution in [-0.2, 0) is 6.18 Å². The highest BCUT2D eigenvalue weighted by Gasteiger charge is 2.36. The van der Waals surface area contributed by atoms with E-state index in [4.69, 9.17) is 4.74 Å². The van der Waals surface area contributed by atoms with Crippen LogP contribution in [0.1, 0.15) is 29.8 Å². The highest BCUT2D eigenvalue weighted by Crippen LogP contribution is 2.36. The number of rotatable bonds is 3. The van der Waals surface area contributed by atoms with E-state index in [0.717, 1.165) is 11.8 Å². The molecule has 0 spiro atoms. The molecule has 8 heteroatoms. The third-order valence-corrected chi connectivity index (χ3v) is 4.14. The van der Waals surface area contributed by atoms with Crippen molar-refractivity contribution in [3.8, 4) is 5.88 Å². The molecule has 3 rings (SSSR count). The Kier molecular flexibility index (Phi) is 4.78. The Labute approximate surface area is 143 Å². The monoisotopic (exact) mass is 352 g/mol. The number of hydrogen-bond acceptors (Lipinski definition) is 5. The summed E-state index contributed by atoms with van der Waals surface area (Å²) in [4.78, 5) is 14.2. The van der Waals surface area contributed by atoms with Crippen molar-refractivity contribution in [1.82, 2.24) is 15.0 Å². The minimum absolute atomic E-state index is 0.0139. The minimum Gasteiger partial charge on any atom is -0.473 e. The SMILES string of the molecule is Cc1cnc(C)c(OC2CCN(c3ncccc3C(F)(F)F)CC2)n1. The molecular formula is C17H19F3N4O. The zero-order valence-corrected chi connectivity index (χ0v) is 14.0. The second kappa shape index (κ2) is 6.85. The number of nitrogens with zero attached hydrogens (tertiary/aromatic N) is 4. The first-order valence-corrected chi connectivity index (χ1v) is 8.08. The Hall–Kier alpha value is -2.38. The van der Waals surface area contributed by atoms with E-state index < -0.39 is 11.7 Å². The van der Waals surface area contributed by atoms with Crippen LogP contribution in [0.2, 0.25) is 0 Å². The Balaban J connectivity index is 1.68. The van der Waals surface area contributed by atoms with Crippen LogP contribution in [0.4, 0.5) is 19.0 Å². The fourth-order valence-corrected chi connectivity index (χ4v) is 2.84. The normalized spacial score (nSPS) is 16.1. The van der Waals surface area contributed by atoms with Crippen molar-refractivity contribution in [1.29, 1.82) is 0 Å². The molecule has 1 aliphatic rings. The van der Waals surface area contributed by atoms with Gasteiger partial charge in [-0.3, -0.25) is 4.98 Å². The summed E-state index contributed by atoms with van der Waals surface area (Å²) >= 11 is 0. The number of anilines is 1. The number of alkyl halides is 3. The summed E-state index contributed by atoms with van der Waals surface area (Å²) in [5.41, 5.74) is 0.771. The molecule has 0 atom stereocenters. The van der Waals surface area contributed by atoms with E-state index in [1.54, 1.807) is 11.1 Å². The summed E-state index contributed by atoms with van der Waals surface area (Å²) in [5.74, 6) is 0.479. The van der Waals surface area contributed by atoms with Gasteiger partial charge in [-0.2, -0.15) is 13.2 Å². The second-order valence-corrected chi connectivity index (χ2v) is 6.08. The molecule has 0 aliphatic carbocycles. The summed E-state index contributed by atoms with van der Waals surface area (Å²) in [5, 5.41) is 0. The van der Waals surface area contributed by atoms with E-state index in [-0.39, 0.29) is 11.9 Å². The van der Waals surface area contributed by atoms with Gasteiger partial charge in [-0.1, -0.05) is 0 Å². The number of ether oxygens (including phenoxy) is 1. The van der Waals surface area contributed by atoms with Crippen molar-refractivity contribution in [3.05, 3.63) is 41.5 Å². The summed E-state index contributed by atoms with van der Waals surface area (Å²) in [6.45, 7) is 4.55. The van der Waals surface area contributed by atoms with Crippen LogP contribution in [0.25, 0.3) is 0 Å². The van der Waals surface area contributed by atoms with Gasteiger partial charge in [0.1, 0.15) is 11.9 Å². The Morgan fingerprint density at radius 1 is 1.16 bits per heavy atom. The Morgan fingerprint density at radius 3 is 2.56 bits per heavy atom. The van der Waals surface area contributed by atoms with E-state index in [0.29, 0.717) is 37.5 Å². The predicted octanol–water partition coefficient (Wildman–Crippen LogP) is 3.56. The first kappa shape index (κ1) is 17.4. The van der Waals surface area contributed by atoms with Crippen LogP contribution < -0.4 is 9.64 Å². The predicted molar refractivity (Wildman–Crippen MR) is 86.6 cm³/mol. The van der Waals surface area contributed by atoms with Gasteiger partial charge in [0.2, 0.25) is 5.88 Å². The number of aromatic nitrogens is 3. The molecule has 2 aromatic rings. The third kappa shape index (κ3) is 4.00. The molecule has 0 aromatic carbocycles. The van der Waals surface area contributed by atoms with Crippen LogP contribution in [0.5, 0.6) is 5.88 Å². The molecule has 134 valence electrons. The van der Waals surface area contributed by atoms with Crippen LogP contribution in [0.3, 0.4) is 0 Å². The fourth-order valence-electron chi connectivity index (χ4n) is 2.84. The summed E-state index contributed by atoms with van der Waals surface area (Å²) in [7, 11) is 0. The van der Waals surface area contributed by atoms with Gasteiger partial charge in [0.25, 0.3) is 0 Å². The molecule has 1 fully saturated rings. The lowest BCUT2D eigenvalue weighted by molar-refractivity contribution is -0.137. The topological polar surface area (TPSA) is 51.1 Å². The number of pyridine rings is 1. The molecule has 25 heavy (non-hydrogen) atoms. The molecule has 0 radical (unpaired) electrons. The molecule has 5 nitrogen and oxygen atoms in total. The van der Waals surface area contributed by atoms with Crippen molar-refractivity contribution in [3.63, 3.8) is 0 Å². The van der Waals surface area contributed by atoms with Crippen molar-refractivity contribution in [2.75, 3.05) is 18.0 Å². The van der Waals surface area contributed by atoms with Crippen molar-refractivity contribution in [2.45, 2.75) is 39.0 Å². The maximum atomic E-state index is 13.1. The largest absolute Gasteiger partial charge is 0.473 e. The zero-order valence-electron chi connectivity index (χ0n) is 14.0. The van der Waals surface area contributed by atoms with Gasteiger partial charge in [-0.25, -0.2) is 9.97 Å². The first-order chi connectivity index (χ1) is 11.8. The minimum atomic E-state index is -4.41. The standard InChI is InChI=1S/C17H19F3N4O/c1-11-10-22-12(2)16(23-11)25-13-5-8-24(9-6-13)15-14(17(18,19)20)4-3-7-21-15/h3-4,7,10,13H,5-6,8-9H2,1-2H3. The first-order valence-electron chi connectivity index (χ1n) is 8.08. The van der Waals surface area contributed by atoms with E-state index in [1.165, 1.54) is 12.3 Å². The lowest BCUT2D eigenvalue weighted by Gasteiger charge is -2.34. The second-order valence-electron chi connectivity index (χ2n) is 6.08. The molecule has 1 aliphatic heterocycles. The Morgan fingerprint density at radius 2 is 1.88 bits per heavy atom. The van der Waals surface area contributed by atoms with E-state index in [2.05, 4.69) is 15.0 Å². The highest BCUT2D eigenvalue weighted by molar-refractivity contribution is 5.48. The van der Waals surface area contributed by atoms with Crippen molar-refractivity contribution >= 4 is 5.82 Å². The van der Waals surface area contributed by atoms with Gasteiger partial charge in [-0.05, 0) is 26.0 Å². The molecular weight excluding hydrogens is 333 g/mol. The highest BCUT2D eigenvalue weighted by atomic mass is 19.4. The molecule has 0 bridgehead atoms. The van der Waals surface area contributed by atoms with Gasteiger partial charge < -0.3 is 9.64 Å². The molecule has 3 heterocycles. The van der Waals surface area contributed by atoms with Crippen LogP contribution in [0.15, 0.2) is 24.5 Å². The number of aryl methyl sites for hydroxylation is 2. The maximum absolute atomic E-state index is 13.1. The Bertz CT molecular complexity index is 743. The van der Waals surface area contributed by atoms with E-state index in [9.17, 15) is 13.2 Å². The maximum Gasteiger partial charge on any atom is 0.419 e.